The van der Waals surface area contributed by atoms with Gasteiger partial charge in [-0.3, -0.25) is 0 Å². The monoisotopic (exact) mass is 269 g/mol. The molecule has 2 aliphatic rings. The van der Waals surface area contributed by atoms with Gasteiger partial charge in [-0.2, -0.15) is 0 Å². The summed E-state index contributed by atoms with van der Waals surface area (Å²) in [6.45, 7) is 0. The predicted molar refractivity (Wildman–Crippen MR) is 72.6 cm³/mol. The maximum atomic E-state index is 6.30. The van der Waals surface area contributed by atoms with E-state index in [1.54, 1.807) is 0 Å². The van der Waals surface area contributed by atoms with Crippen LogP contribution in [0.2, 0.25) is 10.0 Å². The molecule has 0 spiro atoms. The molecule has 0 bridgehead atoms. The molecule has 1 N–H and O–H groups in total. The number of halogens is 2. The number of fused-ring (bicyclic) bond motifs is 1. The molecule has 2 aliphatic carbocycles. The molecule has 0 amide bonds. The van der Waals surface area contributed by atoms with Crippen molar-refractivity contribution < 1.29 is 0 Å². The van der Waals surface area contributed by atoms with E-state index in [-0.39, 0.29) is 0 Å². The van der Waals surface area contributed by atoms with Crippen molar-refractivity contribution in [3.8, 4) is 0 Å². The Bertz CT molecular complexity index is 422. The average Bonchev–Trinajstić information content (AvgIpc) is 2.79. The summed E-state index contributed by atoms with van der Waals surface area (Å²) < 4.78 is 0. The van der Waals surface area contributed by atoms with E-state index in [2.05, 4.69) is 5.32 Å². The van der Waals surface area contributed by atoms with E-state index in [0.717, 1.165) is 27.8 Å². The fraction of sp³-hybridized carbons (Fsp3) is 0.571. The highest BCUT2D eigenvalue weighted by Gasteiger charge is 2.55. The zero-order valence-electron chi connectivity index (χ0n) is 9.92. The standard InChI is InChI=1S/C14H17Cl2N/c1-17-14(13-9-3-2-4-10(9)13)11-7-8(15)5-6-12(11)16/h5-7,9-10,13-14,17H,2-4H2,1H3. The molecule has 1 nitrogen and oxygen atoms in total. The van der Waals surface area contributed by atoms with Crippen LogP contribution in [0.5, 0.6) is 0 Å². The molecule has 17 heavy (non-hydrogen) atoms. The highest BCUT2D eigenvalue weighted by molar-refractivity contribution is 6.33. The molecule has 0 aromatic heterocycles. The quantitative estimate of drug-likeness (QED) is 0.863. The summed E-state index contributed by atoms with van der Waals surface area (Å²) in [5.74, 6) is 2.61. The van der Waals surface area contributed by atoms with Gasteiger partial charge in [-0.15, -0.1) is 0 Å². The van der Waals surface area contributed by atoms with Crippen molar-refractivity contribution in [1.82, 2.24) is 5.32 Å². The van der Waals surface area contributed by atoms with E-state index in [9.17, 15) is 0 Å². The summed E-state index contributed by atoms with van der Waals surface area (Å²) in [5, 5.41) is 5.04. The molecular weight excluding hydrogens is 253 g/mol. The van der Waals surface area contributed by atoms with Gasteiger partial charge in [0, 0.05) is 16.1 Å². The van der Waals surface area contributed by atoms with Gasteiger partial charge in [0.25, 0.3) is 0 Å². The summed E-state index contributed by atoms with van der Waals surface area (Å²) in [4.78, 5) is 0. The van der Waals surface area contributed by atoms with Gasteiger partial charge in [0.1, 0.15) is 0 Å². The van der Waals surface area contributed by atoms with Crippen molar-refractivity contribution in [3.05, 3.63) is 33.8 Å². The molecule has 3 heteroatoms. The Balaban J connectivity index is 1.88. The average molecular weight is 270 g/mol. The second-order valence-electron chi connectivity index (χ2n) is 5.27. The zero-order valence-corrected chi connectivity index (χ0v) is 11.4. The molecule has 0 radical (unpaired) electrons. The van der Waals surface area contributed by atoms with Gasteiger partial charge in [0.15, 0.2) is 0 Å². The van der Waals surface area contributed by atoms with Crippen molar-refractivity contribution in [3.63, 3.8) is 0 Å². The first kappa shape index (κ1) is 11.8. The van der Waals surface area contributed by atoms with Crippen LogP contribution in [-0.4, -0.2) is 7.05 Å². The maximum absolute atomic E-state index is 6.30. The van der Waals surface area contributed by atoms with E-state index in [0.29, 0.717) is 6.04 Å². The minimum atomic E-state index is 0.372. The summed E-state index contributed by atoms with van der Waals surface area (Å²) in [7, 11) is 2.02. The predicted octanol–water partition coefficient (Wildman–Crippen LogP) is 4.30. The van der Waals surface area contributed by atoms with Crippen LogP contribution in [0, 0.1) is 17.8 Å². The van der Waals surface area contributed by atoms with Crippen molar-refractivity contribution >= 4 is 23.2 Å². The number of benzene rings is 1. The summed E-state index contributed by atoms with van der Waals surface area (Å²) >= 11 is 12.4. The van der Waals surface area contributed by atoms with Crippen LogP contribution in [0.4, 0.5) is 0 Å². The van der Waals surface area contributed by atoms with Crippen LogP contribution in [0.1, 0.15) is 30.9 Å². The van der Waals surface area contributed by atoms with Crippen LogP contribution in [0.3, 0.4) is 0 Å². The van der Waals surface area contributed by atoms with E-state index in [1.807, 2.05) is 25.2 Å². The molecule has 2 fully saturated rings. The van der Waals surface area contributed by atoms with Gasteiger partial charge >= 0.3 is 0 Å². The lowest BCUT2D eigenvalue weighted by Crippen LogP contribution is -2.21. The van der Waals surface area contributed by atoms with Gasteiger partial charge < -0.3 is 5.32 Å². The SMILES string of the molecule is CNC(c1cc(Cl)ccc1Cl)C1C2CCCC21. The highest BCUT2D eigenvalue weighted by Crippen LogP contribution is 2.62. The van der Waals surface area contributed by atoms with Crippen LogP contribution in [0.15, 0.2) is 18.2 Å². The molecule has 3 rings (SSSR count). The van der Waals surface area contributed by atoms with Gasteiger partial charge in [-0.25, -0.2) is 0 Å². The molecular formula is C14H17Cl2N. The first-order valence-corrected chi connectivity index (χ1v) is 7.10. The van der Waals surface area contributed by atoms with Crippen molar-refractivity contribution in [2.45, 2.75) is 25.3 Å². The van der Waals surface area contributed by atoms with E-state index < -0.39 is 0 Å². The summed E-state index contributed by atoms with van der Waals surface area (Å²) in [6, 6.07) is 6.14. The van der Waals surface area contributed by atoms with Gasteiger partial charge in [0.05, 0.1) is 0 Å². The van der Waals surface area contributed by atoms with Gasteiger partial charge in [0.2, 0.25) is 0 Å². The van der Waals surface area contributed by atoms with E-state index in [4.69, 9.17) is 23.2 Å². The third-order valence-corrected chi connectivity index (χ3v) is 5.04. The van der Waals surface area contributed by atoms with Crippen LogP contribution >= 0.6 is 23.2 Å². The van der Waals surface area contributed by atoms with Crippen molar-refractivity contribution in [2.24, 2.45) is 17.8 Å². The Morgan fingerprint density at radius 2 is 1.94 bits per heavy atom. The highest BCUT2D eigenvalue weighted by atomic mass is 35.5. The van der Waals surface area contributed by atoms with Crippen molar-refractivity contribution in [1.29, 1.82) is 0 Å². The fourth-order valence-corrected chi connectivity index (χ4v) is 4.10. The Labute approximate surface area is 112 Å². The minimum absolute atomic E-state index is 0.372. The Morgan fingerprint density at radius 1 is 1.24 bits per heavy atom. The van der Waals surface area contributed by atoms with Gasteiger partial charge in [-0.05, 0) is 61.4 Å². The topological polar surface area (TPSA) is 12.0 Å². The Morgan fingerprint density at radius 3 is 2.59 bits per heavy atom. The number of hydrogen-bond donors (Lipinski definition) is 1. The Hall–Kier alpha value is -0.240. The van der Waals surface area contributed by atoms with Crippen LogP contribution < -0.4 is 5.32 Å². The second kappa shape index (κ2) is 4.46. The molecule has 3 unspecified atom stereocenters. The van der Waals surface area contributed by atoms with Crippen LogP contribution in [-0.2, 0) is 0 Å². The van der Waals surface area contributed by atoms with Gasteiger partial charge in [-0.1, -0.05) is 29.6 Å². The maximum Gasteiger partial charge on any atom is 0.0454 e. The van der Waals surface area contributed by atoms with E-state index >= 15 is 0 Å². The number of hydrogen-bond acceptors (Lipinski definition) is 1. The Kier molecular flexibility index (Phi) is 3.10. The number of rotatable bonds is 3. The second-order valence-corrected chi connectivity index (χ2v) is 6.11. The largest absolute Gasteiger partial charge is 0.313 e. The van der Waals surface area contributed by atoms with Crippen molar-refractivity contribution in [2.75, 3.05) is 7.05 Å². The van der Waals surface area contributed by atoms with E-state index in [1.165, 1.54) is 24.8 Å². The lowest BCUT2D eigenvalue weighted by atomic mass is 9.97. The molecule has 0 aliphatic heterocycles. The third kappa shape index (κ3) is 1.99. The summed E-state index contributed by atoms with van der Waals surface area (Å²) in [6.07, 6.45) is 4.20. The molecule has 92 valence electrons. The molecule has 0 saturated heterocycles. The fourth-order valence-electron chi connectivity index (χ4n) is 3.68. The first-order valence-electron chi connectivity index (χ1n) is 6.34. The molecule has 2 saturated carbocycles. The summed E-state index contributed by atoms with van der Waals surface area (Å²) in [5.41, 5.74) is 1.17. The lowest BCUT2D eigenvalue weighted by Gasteiger charge is -2.20. The number of nitrogens with one attached hydrogen (secondary N) is 1. The molecule has 3 atom stereocenters. The zero-order chi connectivity index (χ0) is 12.0. The minimum Gasteiger partial charge on any atom is -0.313 e. The van der Waals surface area contributed by atoms with Crippen LogP contribution in [0.25, 0.3) is 0 Å². The molecule has 1 aromatic carbocycles. The molecule has 0 heterocycles. The molecule has 1 aromatic rings. The third-order valence-electron chi connectivity index (χ3n) is 4.46. The lowest BCUT2D eigenvalue weighted by molar-refractivity contribution is 0.445. The normalized spacial score (nSPS) is 32.3. The smallest absolute Gasteiger partial charge is 0.0454 e. The first-order chi connectivity index (χ1) is 8.22.